The first-order valence-corrected chi connectivity index (χ1v) is 29.4. The quantitative estimate of drug-likeness (QED) is 0.0571. The van der Waals surface area contributed by atoms with Crippen LogP contribution in [-0.4, -0.2) is 374 Å². The summed E-state index contributed by atoms with van der Waals surface area (Å²) in [6.07, 6.45) is -70.9. The number of rotatable bonds is 19. The van der Waals surface area contributed by atoms with Gasteiger partial charge < -0.3 is 179 Å². The van der Waals surface area contributed by atoms with Crippen LogP contribution in [0.15, 0.2) is 0 Å². The Bertz CT molecular complexity index is 2300. The van der Waals surface area contributed by atoms with Gasteiger partial charge in [0.1, 0.15) is 165 Å². The van der Waals surface area contributed by atoms with E-state index in [-0.39, 0.29) is 0 Å². The molecule has 1 unspecified atom stereocenters. The zero-order valence-electron chi connectivity index (χ0n) is 49.7. The highest BCUT2D eigenvalue weighted by Crippen LogP contribution is 2.40. The average molecular weight is 1320 g/mol. The summed E-state index contributed by atoms with van der Waals surface area (Å²) in [5.74, 6) is -1.84. The largest absolute Gasteiger partial charge is 0.394 e. The second-order valence-electron chi connectivity index (χ2n) is 23.8. The van der Waals surface area contributed by atoms with Gasteiger partial charge in [-0.1, -0.05) is 0 Å². The van der Waals surface area contributed by atoms with Crippen LogP contribution >= 0.6 is 0 Å². The zero-order chi connectivity index (χ0) is 66.4. The predicted molar refractivity (Wildman–Crippen MR) is 281 cm³/mol. The Hall–Kier alpha value is -2.42. The third-order valence-corrected chi connectivity index (χ3v) is 17.3. The van der Waals surface area contributed by atoms with Crippen molar-refractivity contribution in [2.75, 3.05) is 19.8 Å². The molecular formula is C52H88N2O36. The Morgan fingerprint density at radius 3 is 0.967 bits per heavy atom. The van der Waals surface area contributed by atoms with Gasteiger partial charge in [0.05, 0.1) is 50.3 Å². The highest BCUT2D eigenvalue weighted by Gasteiger charge is 2.60. The van der Waals surface area contributed by atoms with Gasteiger partial charge in [0.2, 0.25) is 11.8 Å². The summed E-state index contributed by atoms with van der Waals surface area (Å²) in [4.78, 5) is 26.8. The van der Waals surface area contributed by atoms with Crippen molar-refractivity contribution in [2.45, 2.75) is 294 Å². The molecular weight excluding hydrogens is 1230 g/mol. The lowest BCUT2D eigenvalue weighted by Crippen LogP contribution is -2.72. The second kappa shape index (κ2) is 30.8. The number of carbonyl (C=O) groups is 2. The normalized spacial score (nSPS) is 53.0. The molecule has 0 bridgehead atoms. The van der Waals surface area contributed by atoms with Crippen LogP contribution in [-0.2, 0) is 80.6 Å². The summed E-state index contributed by atoms with van der Waals surface area (Å²) in [6, 6.07) is -3.83. The fourth-order valence-electron chi connectivity index (χ4n) is 11.9. The number of amides is 2. The molecule has 0 aromatic carbocycles. The van der Waals surface area contributed by atoms with E-state index >= 15 is 0 Å². The fourth-order valence-corrected chi connectivity index (χ4v) is 11.9. The van der Waals surface area contributed by atoms with Crippen molar-refractivity contribution < 1.29 is 178 Å². The monoisotopic (exact) mass is 1320 g/mol. The third kappa shape index (κ3) is 15.4. The van der Waals surface area contributed by atoms with E-state index in [1.165, 1.54) is 34.6 Å². The summed E-state index contributed by atoms with van der Waals surface area (Å²) in [6.45, 7) is 5.24. The molecule has 8 saturated heterocycles. The van der Waals surface area contributed by atoms with E-state index in [4.69, 9.17) is 71.1 Å². The Balaban J connectivity index is 1.19. The van der Waals surface area contributed by atoms with Crippen molar-refractivity contribution in [3.63, 3.8) is 0 Å². The van der Waals surface area contributed by atoms with Crippen molar-refractivity contribution in [2.24, 2.45) is 0 Å². The molecule has 0 spiro atoms. The maximum absolute atomic E-state index is 13.5. The minimum absolute atomic E-state index is 0.904. The van der Waals surface area contributed by atoms with Crippen LogP contribution in [0.1, 0.15) is 48.5 Å². The number of nitrogens with one attached hydrogen (secondary N) is 2. The van der Waals surface area contributed by atoms with Gasteiger partial charge in [-0.05, 0) is 34.6 Å². The Kier molecular flexibility index (Phi) is 25.1. The zero-order valence-corrected chi connectivity index (χ0v) is 49.7. The molecule has 0 aromatic heterocycles. The van der Waals surface area contributed by atoms with Crippen molar-refractivity contribution in [1.29, 1.82) is 0 Å². The number of aliphatic hydroxyl groups excluding tert-OH is 19. The maximum Gasteiger partial charge on any atom is 0.217 e. The Morgan fingerprint density at radius 1 is 0.289 bits per heavy atom. The van der Waals surface area contributed by atoms with Crippen LogP contribution in [0.4, 0.5) is 0 Å². The van der Waals surface area contributed by atoms with Crippen LogP contribution in [0.2, 0.25) is 0 Å². The average Bonchev–Trinajstić information content (AvgIpc) is 0.851. The smallest absolute Gasteiger partial charge is 0.217 e. The minimum atomic E-state index is -2.15. The van der Waals surface area contributed by atoms with E-state index in [1.807, 2.05) is 0 Å². The van der Waals surface area contributed by atoms with Gasteiger partial charge in [-0.3, -0.25) is 9.59 Å². The summed E-state index contributed by atoms with van der Waals surface area (Å²) in [5, 5.41) is 215. The standard InChI is InChI=1S/C52H88N2O36/c1-11-23(60)30(67)35(72)48(76-11)88-42-32(69)25(62)13(3)78-50(42)85-39-21(53-16(6)58)46(82-19(9-56)28(39)65)84-38-20(10-57)83-47(87-41-29(66)18(8-55)81-45(75)37(41)74)22(54-17(7)59)40(38)86-51-44(34(71)27(64)14(4)79-51)90-52-43(33(70)26(63)15(5)80-52)89-49-36(73)31(68)24(61)12(2)77-49/h11-15,18-52,55-57,60-75H,8-10H2,1-7H3,(H,53,58)(H,54,59)/t11-,12-,13-,14-,15-,18+,19+,20+,21+,22+,23+,24+,25+,26+,27+,28-,29-,30+,31+,32+,33+,34+,35-,36-,37+,38-,39+,40+,41-,42-,43-,44-,45?,46-,47-,48-,49-,50-,51-,52-/m0/s1. The lowest BCUT2D eigenvalue weighted by molar-refractivity contribution is -0.405. The molecule has 8 rings (SSSR count). The van der Waals surface area contributed by atoms with E-state index in [1.54, 1.807) is 0 Å². The third-order valence-electron chi connectivity index (χ3n) is 17.3. The summed E-state index contributed by atoms with van der Waals surface area (Å²) in [5.41, 5.74) is 0. The second-order valence-corrected chi connectivity index (χ2v) is 23.8. The van der Waals surface area contributed by atoms with Crippen LogP contribution < -0.4 is 10.6 Å². The molecule has 0 aromatic rings. The molecule has 0 radical (unpaired) electrons. The lowest BCUT2D eigenvalue weighted by Gasteiger charge is -2.53. The maximum atomic E-state index is 13.5. The number of hydrogen-bond acceptors (Lipinski definition) is 36. The fraction of sp³-hybridized carbons (Fsp3) is 0.962. The predicted octanol–water partition coefficient (Wildman–Crippen LogP) is -13.0. The van der Waals surface area contributed by atoms with E-state index in [0.29, 0.717) is 0 Å². The minimum Gasteiger partial charge on any atom is -0.394 e. The number of carbonyl (C=O) groups excluding carboxylic acids is 2. The van der Waals surface area contributed by atoms with Crippen LogP contribution in [0.25, 0.3) is 0 Å². The van der Waals surface area contributed by atoms with Crippen molar-refractivity contribution in [3.05, 3.63) is 0 Å². The number of aliphatic hydroxyl groups is 19. The molecule has 38 heteroatoms. The first-order chi connectivity index (χ1) is 42.3. The van der Waals surface area contributed by atoms with Crippen molar-refractivity contribution >= 4 is 11.8 Å². The van der Waals surface area contributed by atoms with Crippen molar-refractivity contribution in [3.8, 4) is 0 Å². The molecule has 0 aliphatic carbocycles. The SMILES string of the molecule is CC(=O)N[C@H]1[C@H](O[C@H]2[C@@H](O)[C@@H](CO)OC(O)[C@@H]2O)O[C@H](CO)[C@H](O[C@@H]2O[C@H](CO)[C@H](O)[C@H](O[C@@H]3O[C@@H](C)[C@@H](O)[C@@H](O)[C@@H]3O[C@@H]3O[C@@H](C)[C@@H](O)[C@@H](O)[C@@H]3O)[C@H]2NC(C)=O)[C@@H]1O[C@@H]1O[C@@H](C)[C@@H](O)[C@@H](O)[C@@H]1O[C@@H]1O[C@@H](C)[C@@H](O)[C@@H](O)[C@@H]1O[C@@H]1O[C@@H](C)[C@@H](O)[C@@H](O)[C@@H]1O. The van der Waals surface area contributed by atoms with Crippen LogP contribution in [0.5, 0.6) is 0 Å². The molecule has 2 amide bonds. The van der Waals surface area contributed by atoms with Gasteiger partial charge in [-0.15, -0.1) is 0 Å². The number of ether oxygens (including phenoxy) is 15. The Labute approximate surface area is 513 Å². The van der Waals surface area contributed by atoms with Gasteiger partial charge in [0.25, 0.3) is 0 Å². The molecule has 38 nitrogen and oxygen atoms in total. The Morgan fingerprint density at radius 2 is 0.578 bits per heavy atom. The van der Waals surface area contributed by atoms with Gasteiger partial charge in [0, 0.05) is 13.8 Å². The van der Waals surface area contributed by atoms with Crippen LogP contribution in [0.3, 0.4) is 0 Å². The van der Waals surface area contributed by atoms with E-state index in [2.05, 4.69) is 10.6 Å². The summed E-state index contributed by atoms with van der Waals surface area (Å²) >= 11 is 0. The highest BCUT2D eigenvalue weighted by molar-refractivity contribution is 5.73. The lowest BCUT2D eigenvalue weighted by atomic mass is 9.93. The van der Waals surface area contributed by atoms with Gasteiger partial charge in [-0.25, -0.2) is 0 Å². The topological polar surface area (TPSA) is 581 Å². The number of hydrogen-bond donors (Lipinski definition) is 21. The molecule has 40 atom stereocenters. The van der Waals surface area contributed by atoms with Gasteiger partial charge >= 0.3 is 0 Å². The first-order valence-electron chi connectivity index (χ1n) is 29.4. The molecule has 0 saturated carbocycles. The highest BCUT2D eigenvalue weighted by atomic mass is 16.8. The van der Waals surface area contributed by atoms with Crippen LogP contribution in [0, 0.1) is 0 Å². The van der Waals surface area contributed by atoms with E-state index in [9.17, 15) is 107 Å². The van der Waals surface area contributed by atoms with Crippen molar-refractivity contribution in [1.82, 2.24) is 10.6 Å². The first kappa shape index (κ1) is 73.4. The molecule has 8 fully saturated rings. The summed E-state index contributed by atoms with van der Waals surface area (Å²) in [7, 11) is 0. The van der Waals surface area contributed by atoms with Gasteiger partial charge in [0.15, 0.2) is 50.3 Å². The molecule has 522 valence electrons. The summed E-state index contributed by atoms with van der Waals surface area (Å²) < 4.78 is 90.5. The molecule has 21 N–H and O–H groups in total. The van der Waals surface area contributed by atoms with E-state index in [0.717, 1.165) is 13.8 Å². The molecule has 8 aliphatic heterocycles. The van der Waals surface area contributed by atoms with E-state index < -0.39 is 277 Å². The molecule has 8 aliphatic rings. The van der Waals surface area contributed by atoms with Gasteiger partial charge in [-0.2, -0.15) is 0 Å². The molecule has 8 heterocycles. The molecule has 90 heavy (non-hydrogen) atoms.